The third kappa shape index (κ3) is 4.76. The van der Waals surface area contributed by atoms with Crippen molar-refractivity contribution in [3.8, 4) is 0 Å². The zero-order valence-corrected chi connectivity index (χ0v) is 18.5. The second-order valence-electron chi connectivity index (χ2n) is 5.65. The van der Waals surface area contributed by atoms with Gasteiger partial charge < -0.3 is 4.42 Å². The minimum Gasteiger partial charge on any atom is -0.450 e. The van der Waals surface area contributed by atoms with E-state index in [9.17, 15) is 9.59 Å². The standard InChI is InChI=1S/C19H11ClN2O3S4/c20-11-3-6-13(7-4-11)28-16-8-5-12(25-16)10-15-18(24)22(19(26)29-15)21-17(23)14-2-1-9-27-14/h1-10H,(H,21,23)/b15-10+. The summed E-state index contributed by atoms with van der Waals surface area (Å²) in [6.07, 6.45) is 1.61. The molecule has 2 aromatic heterocycles. The van der Waals surface area contributed by atoms with Gasteiger partial charge in [0.15, 0.2) is 9.41 Å². The average Bonchev–Trinajstić information content (AvgIpc) is 3.43. The van der Waals surface area contributed by atoms with E-state index in [-0.39, 0.29) is 10.2 Å². The minimum atomic E-state index is -0.395. The third-order valence-electron chi connectivity index (χ3n) is 3.66. The van der Waals surface area contributed by atoms with Gasteiger partial charge in [-0.05, 0) is 60.1 Å². The molecule has 1 aliphatic heterocycles. The molecule has 1 fully saturated rings. The van der Waals surface area contributed by atoms with Crippen LogP contribution in [0.1, 0.15) is 15.4 Å². The van der Waals surface area contributed by atoms with E-state index in [1.54, 1.807) is 29.7 Å². The van der Waals surface area contributed by atoms with Crippen LogP contribution in [0.3, 0.4) is 0 Å². The molecule has 29 heavy (non-hydrogen) atoms. The number of thiocarbonyl (C=S) groups is 1. The number of benzene rings is 1. The van der Waals surface area contributed by atoms with E-state index in [1.807, 2.05) is 30.3 Å². The van der Waals surface area contributed by atoms with Crippen LogP contribution >= 0.6 is 58.7 Å². The van der Waals surface area contributed by atoms with Crippen LogP contribution in [-0.2, 0) is 4.79 Å². The van der Waals surface area contributed by atoms with Gasteiger partial charge in [0.1, 0.15) is 5.76 Å². The number of rotatable bonds is 5. The molecule has 0 aliphatic carbocycles. The smallest absolute Gasteiger partial charge is 0.285 e. The molecule has 0 saturated carbocycles. The first kappa shape index (κ1) is 20.2. The fourth-order valence-corrected chi connectivity index (χ4v) is 5.02. The summed E-state index contributed by atoms with van der Waals surface area (Å²) in [5.74, 6) is -0.253. The number of carbonyl (C=O) groups is 2. The molecular formula is C19H11ClN2O3S4. The molecule has 4 rings (SSSR count). The lowest BCUT2D eigenvalue weighted by Crippen LogP contribution is -2.44. The van der Waals surface area contributed by atoms with Crippen LogP contribution in [0.5, 0.6) is 0 Å². The van der Waals surface area contributed by atoms with Crippen LogP contribution in [0.2, 0.25) is 5.02 Å². The Balaban J connectivity index is 1.45. The second kappa shape index (κ2) is 8.76. The molecule has 0 atom stereocenters. The molecule has 146 valence electrons. The molecule has 3 heterocycles. The zero-order valence-electron chi connectivity index (χ0n) is 14.5. The van der Waals surface area contributed by atoms with Crippen LogP contribution in [0.15, 0.2) is 73.2 Å². The van der Waals surface area contributed by atoms with Gasteiger partial charge in [0.05, 0.1) is 9.78 Å². The average molecular weight is 479 g/mol. The number of halogens is 1. The molecule has 1 aliphatic rings. The first-order chi connectivity index (χ1) is 14.0. The highest BCUT2D eigenvalue weighted by molar-refractivity contribution is 8.26. The molecule has 0 bridgehead atoms. The second-order valence-corrected chi connectivity index (χ2v) is 9.79. The van der Waals surface area contributed by atoms with Gasteiger partial charge in [0.25, 0.3) is 11.8 Å². The van der Waals surface area contributed by atoms with Crippen molar-refractivity contribution >= 4 is 80.9 Å². The zero-order chi connectivity index (χ0) is 20.4. The number of hydrazine groups is 1. The molecule has 1 N–H and O–H groups in total. The summed E-state index contributed by atoms with van der Waals surface area (Å²) in [6, 6.07) is 14.5. The minimum absolute atomic E-state index is 0.258. The van der Waals surface area contributed by atoms with Crippen molar-refractivity contribution in [1.29, 1.82) is 0 Å². The van der Waals surface area contributed by atoms with Crippen molar-refractivity contribution in [2.24, 2.45) is 0 Å². The number of hydrogen-bond acceptors (Lipinski definition) is 7. The van der Waals surface area contributed by atoms with Gasteiger partial charge in [-0.1, -0.05) is 41.2 Å². The van der Waals surface area contributed by atoms with E-state index in [0.29, 0.717) is 25.7 Å². The van der Waals surface area contributed by atoms with Gasteiger partial charge in [-0.25, -0.2) is 0 Å². The van der Waals surface area contributed by atoms with E-state index in [2.05, 4.69) is 5.43 Å². The Kier molecular flexibility index (Phi) is 6.12. The van der Waals surface area contributed by atoms with Gasteiger partial charge in [-0.3, -0.25) is 15.0 Å². The predicted octanol–water partition coefficient (Wildman–Crippen LogP) is 5.69. The Morgan fingerprint density at radius 3 is 2.72 bits per heavy atom. The highest BCUT2D eigenvalue weighted by Crippen LogP contribution is 2.34. The fourth-order valence-electron chi connectivity index (χ4n) is 2.34. The van der Waals surface area contributed by atoms with Gasteiger partial charge >= 0.3 is 0 Å². The summed E-state index contributed by atoms with van der Waals surface area (Å²) >= 11 is 15.0. The Bertz CT molecular complexity index is 1110. The first-order valence-electron chi connectivity index (χ1n) is 8.15. The van der Waals surface area contributed by atoms with Crippen molar-refractivity contribution < 1.29 is 14.0 Å². The molecular weight excluding hydrogens is 468 g/mol. The number of nitrogens with zero attached hydrogens (tertiary/aromatic N) is 1. The molecule has 1 saturated heterocycles. The Morgan fingerprint density at radius 2 is 2.00 bits per heavy atom. The number of carbonyl (C=O) groups excluding carboxylic acids is 2. The molecule has 0 radical (unpaired) electrons. The molecule has 3 aromatic rings. The fraction of sp³-hybridized carbons (Fsp3) is 0. The summed E-state index contributed by atoms with van der Waals surface area (Å²) < 4.78 is 6.04. The largest absolute Gasteiger partial charge is 0.450 e. The van der Waals surface area contributed by atoms with Crippen molar-refractivity contribution in [3.63, 3.8) is 0 Å². The monoisotopic (exact) mass is 478 g/mol. The summed E-state index contributed by atoms with van der Waals surface area (Å²) in [4.78, 5) is 26.7. The summed E-state index contributed by atoms with van der Waals surface area (Å²) in [7, 11) is 0. The molecule has 2 amide bonds. The topological polar surface area (TPSA) is 62.6 Å². The Hall–Kier alpha value is -2.04. The normalized spacial score (nSPS) is 15.3. The van der Waals surface area contributed by atoms with E-state index in [4.69, 9.17) is 28.2 Å². The number of thioether (sulfide) groups is 1. The van der Waals surface area contributed by atoms with Crippen LogP contribution in [0.4, 0.5) is 0 Å². The number of thiophene rings is 1. The van der Waals surface area contributed by atoms with Crippen LogP contribution in [-0.4, -0.2) is 21.1 Å². The first-order valence-corrected chi connectivity index (χ1v) is 11.5. The predicted molar refractivity (Wildman–Crippen MR) is 121 cm³/mol. The van der Waals surface area contributed by atoms with Crippen molar-refractivity contribution in [1.82, 2.24) is 10.4 Å². The number of hydrogen-bond donors (Lipinski definition) is 1. The maximum Gasteiger partial charge on any atom is 0.285 e. The lowest BCUT2D eigenvalue weighted by atomic mass is 10.4. The molecule has 10 heteroatoms. The third-order valence-corrected chi connectivity index (χ3v) is 7.01. The Morgan fingerprint density at radius 1 is 1.21 bits per heavy atom. The molecule has 0 spiro atoms. The van der Waals surface area contributed by atoms with Crippen LogP contribution < -0.4 is 5.43 Å². The van der Waals surface area contributed by atoms with Crippen molar-refractivity contribution in [2.45, 2.75) is 9.99 Å². The van der Waals surface area contributed by atoms with E-state index < -0.39 is 5.91 Å². The lowest BCUT2D eigenvalue weighted by molar-refractivity contribution is -0.123. The maximum atomic E-state index is 12.6. The summed E-state index contributed by atoms with van der Waals surface area (Å²) in [6.45, 7) is 0. The number of nitrogens with one attached hydrogen (secondary N) is 1. The summed E-state index contributed by atoms with van der Waals surface area (Å²) in [5, 5.41) is 4.22. The quantitative estimate of drug-likeness (QED) is 0.375. The number of furan rings is 1. The van der Waals surface area contributed by atoms with Gasteiger partial charge in [0.2, 0.25) is 0 Å². The van der Waals surface area contributed by atoms with Gasteiger partial charge in [0, 0.05) is 16.0 Å². The maximum absolute atomic E-state index is 12.6. The van der Waals surface area contributed by atoms with Crippen LogP contribution in [0, 0.1) is 0 Å². The molecule has 5 nitrogen and oxygen atoms in total. The van der Waals surface area contributed by atoms with Crippen LogP contribution in [0.25, 0.3) is 6.08 Å². The lowest BCUT2D eigenvalue weighted by Gasteiger charge is -2.14. The van der Waals surface area contributed by atoms with E-state index in [0.717, 1.165) is 21.7 Å². The van der Waals surface area contributed by atoms with E-state index in [1.165, 1.54) is 23.1 Å². The highest BCUT2D eigenvalue weighted by Gasteiger charge is 2.34. The highest BCUT2D eigenvalue weighted by atomic mass is 35.5. The van der Waals surface area contributed by atoms with Gasteiger partial charge in [-0.15, -0.1) is 11.3 Å². The number of amides is 2. The summed E-state index contributed by atoms with van der Waals surface area (Å²) in [5.41, 5.74) is 2.55. The van der Waals surface area contributed by atoms with Crippen molar-refractivity contribution in [3.05, 3.63) is 74.5 Å². The molecule has 1 aromatic carbocycles. The SMILES string of the molecule is O=C(NN1C(=O)/C(=C\c2ccc(Sc3ccc(Cl)cc3)o2)SC1=S)c1cccs1. The molecule has 0 unspecified atom stereocenters. The van der Waals surface area contributed by atoms with Gasteiger partial charge in [-0.2, -0.15) is 5.01 Å². The van der Waals surface area contributed by atoms with Crippen molar-refractivity contribution in [2.75, 3.05) is 0 Å². The Labute approximate surface area is 189 Å². The van der Waals surface area contributed by atoms with E-state index >= 15 is 0 Å².